The minimum Gasteiger partial charge on any atom is -0.507 e. The Labute approximate surface area is 332 Å². The Morgan fingerprint density at radius 2 is 0.678 bits per heavy atom. The molecule has 0 saturated carbocycles. The van der Waals surface area contributed by atoms with Gasteiger partial charge >= 0.3 is 0 Å². The molecule has 0 fully saturated rings. The molecule has 0 saturated heterocycles. The zero-order chi connectivity index (χ0) is 42.4. The highest BCUT2D eigenvalue weighted by atomic mass is 16.3. The maximum absolute atomic E-state index is 12.3. The number of hydrogen-bond donors (Lipinski definition) is 3. The fraction of sp³-hybridized carbons (Fsp3) is 0. The largest absolute Gasteiger partial charge is 0.507 e. The summed E-state index contributed by atoms with van der Waals surface area (Å²) in [7, 11) is 0. The van der Waals surface area contributed by atoms with Crippen LogP contribution in [-0.2, 0) is 4.79 Å². The normalized spacial score (nSPS) is 12.6. The summed E-state index contributed by atoms with van der Waals surface area (Å²) in [5.41, 5.74) is -0.827. The molecule has 0 aliphatic heterocycles. The summed E-state index contributed by atoms with van der Waals surface area (Å²) in [6.07, 6.45) is 2.38. The van der Waals surface area contributed by atoms with E-state index in [0.29, 0.717) is 33.4 Å². The molecule has 0 atom stereocenters. The highest BCUT2D eigenvalue weighted by Gasteiger charge is 2.26. The second-order valence-electron chi connectivity index (χ2n) is 12.8. The second kappa shape index (κ2) is 17.1. The molecule has 2 aliphatic carbocycles. The molecule has 0 amide bonds. The molecule has 12 nitrogen and oxygen atoms in total. The van der Waals surface area contributed by atoms with Gasteiger partial charge in [-0.15, -0.1) is 0 Å². The van der Waals surface area contributed by atoms with E-state index in [-0.39, 0.29) is 34.0 Å². The smallest absolute Gasteiger partial charge is 0.277 e. The Hall–Kier alpha value is -8.51. The van der Waals surface area contributed by atoms with Gasteiger partial charge < -0.3 is 15.3 Å². The van der Waals surface area contributed by atoms with E-state index in [9.17, 15) is 53.4 Å². The summed E-state index contributed by atoms with van der Waals surface area (Å²) in [6, 6.07) is 39.4. The number of hydrogen-bond acceptors (Lipinski definition) is 12. The van der Waals surface area contributed by atoms with Gasteiger partial charge in [-0.1, -0.05) is 140 Å². The van der Waals surface area contributed by atoms with E-state index in [1.807, 2.05) is 30.3 Å². The van der Waals surface area contributed by atoms with Gasteiger partial charge in [0, 0.05) is 33.9 Å². The summed E-state index contributed by atoms with van der Waals surface area (Å²) in [5.74, 6) is -2.74. The molecule has 0 radical (unpaired) electrons. The zero-order valence-corrected chi connectivity index (χ0v) is 30.4. The molecular weight excluding hydrogens is 757 g/mol. The Bertz CT molecular complexity index is 3070. The van der Waals surface area contributed by atoms with Crippen molar-refractivity contribution in [2.75, 3.05) is 0 Å². The third kappa shape index (κ3) is 8.09. The highest BCUT2D eigenvalue weighted by molar-refractivity contribution is 6.50. The molecule has 0 unspecified atom stereocenters. The van der Waals surface area contributed by atoms with Crippen LogP contribution in [0.2, 0.25) is 0 Å². The lowest BCUT2D eigenvalue weighted by molar-refractivity contribution is -0.111. The summed E-state index contributed by atoms with van der Waals surface area (Å²) < 4.78 is 0. The van der Waals surface area contributed by atoms with Crippen molar-refractivity contribution in [2.45, 2.75) is 0 Å². The fourth-order valence-electron chi connectivity index (χ4n) is 6.12. The number of fused-ring (bicyclic) bond motifs is 2. The number of carbonyl (C=O) groups excluding carboxylic acids is 4. The van der Waals surface area contributed by atoms with Crippen LogP contribution in [0.5, 0.6) is 11.5 Å². The van der Waals surface area contributed by atoms with Crippen LogP contribution in [0.4, 0.5) is 0 Å². The van der Waals surface area contributed by atoms with Crippen molar-refractivity contribution in [1.82, 2.24) is 0 Å². The predicted octanol–water partition coefficient (Wildman–Crippen LogP) is 5.17. The quantitative estimate of drug-likeness (QED) is 0.198. The number of aliphatic hydroxyl groups excluding tert-OH is 1. The van der Waals surface area contributed by atoms with E-state index in [2.05, 4.69) is 0 Å². The first kappa shape index (κ1) is 40.2. The molecular formula is C47H28O12. The van der Waals surface area contributed by atoms with E-state index < -0.39 is 50.2 Å². The van der Waals surface area contributed by atoms with Crippen LogP contribution >= 0.6 is 0 Å². The minimum atomic E-state index is -1.17. The van der Waals surface area contributed by atoms with E-state index in [1.165, 1.54) is 12.1 Å². The van der Waals surface area contributed by atoms with E-state index >= 15 is 0 Å². The predicted molar refractivity (Wildman–Crippen MR) is 219 cm³/mol. The molecule has 288 valence electrons. The van der Waals surface area contributed by atoms with Crippen LogP contribution in [0.15, 0.2) is 176 Å². The van der Waals surface area contributed by atoms with Gasteiger partial charge in [0.15, 0.2) is 23.1 Å². The van der Waals surface area contributed by atoms with Crippen LogP contribution in [-0.4, -0.2) is 38.5 Å². The van der Waals surface area contributed by atoms with Crippen molar-refractivity contribution in [2.24, 2.45) is 0 Å². The third-order valence-corrected chi connectivity index (χ3v) is 9.08. The molecule has 12 heteroatoms. The number of ketones is 4. The first-order valence-electron chi connectivity index (χ1n) is 17.5. The number of aliphatic hydroxyl groups is 1. The molecule has 7 aromatic rings. The second-order valence-corrected chi connectivity index (χ2v) is 12.8. The highest BCUT2D eigenvalue weighted by Crippen LogP contribution is 2.28. The summed E-state index contributed by atoms with van der Waals surface area (Å²) in [4.78, 5) is 102. The van der Waals surface area contributed by atoms with Gasteiger partial charge in [-0.2, -0.15) is 0 Å². The molecule has 3 N–H and O–H groups in total. The average molecular weight is 785 g/mol. The maximum Gasteiger partial charge on any atom is 0.277 e. The third-order valence-electron chi connectivity index (χ3n) is 9.08. The summed E-state index contributed by atoms with van der Waals surface area (Å²) >= 11 is 0. The molecule has 0 bridgehead atoms. The van der Waals surface area contributed by atoms with Crippen molar-refractivity contribution in [3.8, 4) is 33.8 Å². The molecule has 0 spiro atoms. The Balaban J connectivity index is 0.000000133. The number of allylic oxidation sites excluding steroid dienone is 3. The average Bonchev–Trinajstić information content (AvgIpc) is 3.47. The zero-order valence-electron chi connectivity index (χ0n) is 30.4. The minimum absolute atomic E-state index is 0.0867. The van der Waals surface area contributed by atoms with Crippen molar-refractivity contribution in [3.05, 3.63) is 231 Å². The fourth-order valence-corrected chi connectivity index (χ4v) is 6.12. The molecule has 0 heterocycles. The number of benzene rings is 5. The number of Topliss-reactive ketones (excluding diaryl/α,β-unsaturated/α-hetero) is 2. The van der Waals surface area contributed by atoms with Crippen molar-refractivity contribution >= 4 is 34.5 Å². The van der Waals surface area contributed by atoms with Crippen LogP contribution in [0, 0.1) is 0 Å². The van der Waals surface area contributed by atoms with Gasteiger partial charge in [0.05, 0.1) is 11.1 Å². The van der Waals surface area contributed by atoms with E-state index in [4.69, 9.17) is 5.11 Å². The topological polar surface area (TPSA) is 214 Å². The van der Waals surface area contributed by atoms with Gasteiger partial charge in [-0.25, -0.2) is 0 Å². The Kier molecular flexibility index (Phi) is 11.6. The first-order valence-corrected chi connectivity index (χ1v) is 17.5. The van der Waals surface area contributed by atoms with Gasteiger partial charge in [0.2, 0.25) is 22.4 Å². The van der Waals surface area contributed by atoms with Crippen LogP contribution in [0.1, 0.15) is 42.2 Å². The molecule has 9 rings (SSSR count). The Morgan fingerprint density at radius 3 is 1.14 bits per heavy atom. The summed E-state index contributed by atoms with van der Waals surface area (Å²) in [5, 5.41) is 27.8. The lowest BCUT2D eigenvalue weighted by Gasteiger charge is -2.14. The first-order chi connectivity index (χ1) is 28.3. The summed E-state index contributed by atoms with van der Waals surface area (Å²) in [6.45, 7) is 0. The molecule has 7 aromatic carbocycles. The maximum atomic E-state index is 12.3. The van der Waals surface area contributed by atoms with Crippen molar-refractivity contribution in [3.63, 3.8) is 0 Å². The number of rotatable bonds is 3. The standard InChI is InChI=1S/C16H10O2.C11H6O4.2C10H6O3/c17-15-10-14(11-6-2-1-3-7-11)16(18)13-9-5-4-8-12(13)15;12-8-7(6-4-2-1-3-5-6)9(13)11(15)10(8)14;11-8-5-9(12)10(13)7-4-2-1-3-6(7)8;11-8-7(9(12)10(8)13)6-4-2-1-3-5-6/h1-10H;1-5,12H;2*1-5,11H. The Morgan fingerprint density at radius 1 is 0.305 bits per heavy atom. The van der Waals surface area contributed by atoms with Gasteiger partial charge in [-0.05, 0) is 22.8 Å². The number of carbonyl (C=O) groups is 4. The monoisotopic (exact) mass is 784 g/mol. The SMILES string of the molecule is O=C1C=C(O)c2ccccc2C1=O.O=C1C=C(c2ccccc2)C(=O)c2ccccc21.O=c1c(O)c(-c2ccccc2)c(=O)c1=O.O=c1c(O)c(-c2ccccc2)c1=O. The number of aromatic hydroxyl groups is 2. The van der Waals surface area contributed by atoms with Gasteiger partial charge in [-0.3, -0.25) is 43.2 Å². The van der Waals surface area contributed by atoms with E-state index in [0.717, 1.165) is 11.6 Å². The van der Waals surface area contributed by atoms with Crippen molar-refractivity contribution in [1.29, 1.82) is 0 Å². The lowest BCUT2D eigenvalue weighted by Crippen LogP contribution is -2.31. The van der Waals surface area contributed by atoms with Crippen LogP contribution in [0.25, 0.3) is 33.6 Å². The molecule has 2 aliphatic rings. The lowest BCUT2D eigenvalue weighted by atomic mass is 9.86. The molecule has 59 heavy (non-hydrogen) atoms. The van der Waals surface area contributed by atoms with Gasteiger partial charge in [0.1, 0.15) is 5.76 Å². The van der Waals surface area contributed by atoms with Gasteiger partial charge in [0.25, 0.3) is 16.3 Å². The van der Waals surface area contributed by atoms with Crippen LogP contribution < -0.4 is 27.1 Å². The van der Waals surface area contributed by atoms with E-state index in [1.54, 1.807) is 103 Å². The molecule has 0 aromatic heterocycles. The van der Waals surface area contributed by atoms with Crippen molar-refractivity contribution < 1.29 is 34.5 Å². The van der Waals surface area contributed by atoms with Crippen LogP contribution in [0.3, 0.4) is 0 Å².